The Balaban J connectivity index is 1.86. The molecule has 2 aromatic rings. The molecule has 0 aliphatic heterocycles. The van der Waals surface area contributed by atoms with Crippen molar-refractivity contribution in [3.8, 4) is 5.75 Å². The first-order chi connectivity index (χ1) is 11.9. The van der Waals surface area contributed by atoms with Crippen LogP contribution in [0.3, 0.4) is 0 Å². The number of methoxy groups -OCH3 is 1. The lowest BCUT2D eigenvalue weighted by Crippen LogP contribution is -2.32. The summed E-state index contributed by atoms with van der Waals surface area (Å²) in [4.78, 5) is 11.4. The van der Waals surface area contributed by atoms with E-state index in [4.69, 9.17) is 0 Å². The standard InChI is InChI=1S/C20H25NO4/c1-13-10-17(8-9-18(13)22)19(23)12-21-14(2)11-15-4-6-16(7-5-15)20(24)25-3/h4-10,14,19,21-23H,11-12H2,1-3H3/t14-,19?/m0/s1. The van der Waals surface area contributed by atoms with Gasteiger partial charge in [-0.1, -0.05) is 18.2 Å². The van der Waals surface area contributed by atoms with Crippen molar-refractivity contribution < 1.29 is 19.7 Å². The molecule has 0 heterocycles. The van der Waals surface area contributed by atoms with Crippen LogP contribution in [0.4, 0.5) is 0 Å². The molecule has 2 atom stereocenters. The number of benzene rings is 2. The Morgan fingerprint density at radius 3 is 2.48 bits per heavy atom. The van der Waals surface area contributed by atoms with Crippen molar-refractivity contribution in [2.24, 2.45) is 0 Å². The zero-order valence-electron chi connectivity index (χ0n) is 14.8. The van der Waals surface area contributed by atoms with E-state index in [9.17, 15) is 15.0 Å². The van der Waals surface area contributed by atoms with E-state index in [1.807, 2.05) is 19.1 Å². The topological polar surface area (TPSA) is 78.8 Å². The van der Waals surface area contributed by atoms with Crippen LogP contribution < -0.4 is 5.32 Å². The molecule has 0 spiro atoms. The fraction of sp³-hybridized carbons (Fsp3) is 0.350. The van der Waals surface area contributed by atoms with E-state index >= 15 is 0 Å². The van der Waals surface area contributed by atoms with Crippen LogP contribution in [-0.4, -0.2) is 35.9 Å². The van der Waals surface area contributed by atoms with E-state index in [0.717, 1.165) is 23.1 Å². The number of phenolic OH excluding ortho intramolecular Hbond substituents is 1. The number of aryl methyl sites for hydroxylation is 1. The van der Waals surface area contributed by atoms with Crippen LogP contribution in [0.1, 0.15) is 40.1 Å². The minimum atomic E-state index is -0.636. The van der Waals surface area contributed by atoms with Crippen LogP contribution in [0.2, 0.25) is 0 Å². The van der Waals surface area contributed by atoms with Crippen molar-refractivity contribution in [2.45, 2.75) is 32.4 Å². The third-order valence-corrected chi connectivity index (χ3v) is 4.18. The summed E-state index contributed by atoms with van der Waals surface area (Å²) in [5, 5.41) is 23.1. The molecule has 0 amide bonds. The average molecular weight is 343 g/mol. The van der Waals surface area contributed by atoms with Gasteiger partial charge in [-0.2, -0.15) is 0 Å². The molecule has 2 aromatic carbocycles. The molecule has 0 aliphatic rings. The molecule has 1 unspecified atom stereocenters. The predicted molar refractivity (Wildman–Crippen MR) is 96.8 cm³/mol. The van der Waals surface area contributed by atoms with Crippen molar-refractivity contribution in [2.75, 3.05) is 13.7 Å². The molecule has 0 radical (unpaired) electrons. The summed E-state index contributed by atoms with van der Waals surface area (Å²) in [5.74, 6) is -0.113. The van der Waals surface area contributed by atoms with E-state index < -0.39 is 6.10 Å². The van der Waals surface area contributed by atoms with E-state index in [1.54, 1.807) is 37.3 Å². The van der Waals surface area contributed by atoms with E-state index in [1.165, 1.54) is 7.11 Å². The molecule has 0 saturated carbocycles. The van der Waals surface area contributed by atoms with E-state index in [-0.39, 0.29) is 17.8 Å². The normalized spacial score (nSPS) is 13.3. The number of rotatable bonds is 7. The van der Waals surface area contributed by atoms with Gasteiger partial charge in [-0.15, -0.1) is 0 Å². The van der Waals surface area contributed by atoms with Gasteiger partial charge in [-0.25, -0.2) is 4.79 Å². The molecule has 25 heavy (non-hydrogen) atoms. The van der Waals surface area contributed by atoms with Gasteiger partial charge in [0, 0.05) is 12.6 Å². The largest absolute Gasteiger partial charge is 0.508 e. The van der Waals surface area contributed by atoms with Gasteiger partial charge in [0.1, 0.15) is 5.75 Å². The number of aliphatic hydroxyl groups excluding tert-OH is 1. The van der Waals surface area contributed by atoms with Crippen molar-refractivity contribution in [1.82, 2.24) is 5.32 Å². The molecule has 5 heteroatoms. The fourth-order valence-electron chi connectivity index (χ4n) is 2.64. The van der Waals surface area contributed by atoms with Gasteiger partial charge in [-0.3, -0.25) is 0 Å². The molecular formula is C20H25NO4. The zero-order valence-corrected chi connectivity index (χ0v) is 14.8. The molecule has 0 aromatic heterocycles. The first-order valence-corrected chi connectivity index (χ1v) is 8.29. The lowest BCUT2D eigenvalue weighted by molar-refractivity contribution is 0.0600. The van der Waals surface area contributed by atoms with Crippen LogP contribution in [-0.2, 0) is 11.2 Å². The van der Waals surface area contributed by atoms with Crippen molar-refractivity contribution in [3.05, 3.63) is 64.7 Å². The van der Waals surface area contributed by atoms with Gasteiger partial charge in [0.15, 0.2) is 0 Å². The molecule has 2 rings (SSSR count). The maximum absolute atomic E-state index is 11.4. The summed E-state index contributed by atoms with van der Waals surface area (Å²) < 4.78 is 4.69. The van der Waals surface area contributed by atoms with Crippen LogP contribution in [0.15, 0.2) is 42.5 Å². The highest BCUT2D eigenvalue weighted by Crippen LogP contribution is 2.21. The number of esters is 1. The molecule has 0 saturated heterocycles. The molecule has 3 N–H and O–H groups in total. The summed E-state index contributed by atoms with van der Waals surface area (Å²) >= 11 is 0. The monoisotopic (exact) mass is 343 g/mol. The highest BCUT2D eigenvalue weighted by atomic mass is 16.5. The van der Waals surface area contributed by atoms with Gasteiger partial charge in [0.2, 0.25) is 0 Å². The minimum absolute atomic E-state index is 0.164. The van der Waals surface area contributed by atoms with Crippen molar-refractivity contribution in [1.29, 1.82) is 0 Å². The third-order valence-electron chi connectivity index (χ3n) is 4.18. The van der Waals surface area contributed by atoms with Crippen molar-refractivity contribution >= 4 is 5.97 Å². The lowest BCUT2D eigenvalue weighted by atomic mass is 10.0. The van der Waals surface area contributed by atoms with E-state index in [0.29, 0.717) is 12.1 Å². The Labute approximate surface area is 148 Å². The molecule has 0 aliphatic carbocycles. The number of hydrogen-bond donors (Lipinski definition) is 3. The van der Waals surface area contributed by atoms with Crippen LogP contribution >= 0.6 is 0 Å². The van der Waals surface area contributed by atoms with Gasteiger partial charge < -0.3 is 20.3 Å². The van der Waals surface area contributed by atoms with Gasteiger partial charge in [0.25, 0.3) is 0 Å². The number of ether oxygens (including phenoxy) is 1. The quantitative estimate of drug-likeness (QED) is 0.674. The Morgan fingerprint density at radius 1 is 1.20 bits per heavy atom. The number of carbonyl (C=O) groups is 1. The zero-order chi connectivity index (χ0) is 18.4. The second-order valence-electron chi connectivity index (χ2n) is 6.26. The maximum Gasteiger partial charge on any atom is 0.337 e. The second-order valence-corrected chi connectivity index (χ2v) is 6.26. The predicted octanol–water partition coefficient (Wildman–Crippen LogP) is 2.74. The number of carbonyl (C=O) groups excluding carboxylic acids is 1. The number of hydrogen-bond acceptors (Lipinski definition) is 5. The highest BCUT2D eigenvalue weighted by Gasteiger charge is 2.12. The average Bonchev–Trinajstić information content (AvgIpc) is 2.62. The van der Waals surface area contributed by atoms with Gasteiger partial charge >= 0.3 is 5.97 Å². The molecule has 134 valence electrons. The van der Waals surface area contributed by atoms with Crippen LogP contribution in [0.5, 0.6) is 5.75 Å². The molecular weight excluding hydrogens is 318 g/mol. The Hall–Kier alpha value is -2.37. The van der Waals surface area contributed by atoms with E-state index in [2.05, 4.69) is 10.1 Å². The minimum Gasteiger partial charge on any atom is -0.508 e. The molecule has 0 fully saturated rings. The second kappa shape index (κ2) is 8.65. The first kappa shape index (κ1) is 19.0. The molecule has 0 bridgehead atoms. The van der Waals surface area contributed by atoms with Gasteiger partial charge in [-0.05, 0) is 61.2 Å². The molecule has 5 nitrogen and oxygen atoms in total. The lowest BCUT2D eigenvalue weighted by Gasteiger charge is -2.18. The van der Waals surface area contributed by atoms with Crippen LogP contribution in [0.25, 0.3) is 0 Å². The first-order valence-electron chi connectivity index (χ1n) is 8.29. The maximum atomic E-state index is 11.4. The summed E-state index contributed by atoms with van der Waals surface area (Å²) in [6.45, 7) is 4.27. The summed E-state index contributed by atoms with van der Waals surface area (Å²) in [6, 6.07) is 12.6. The Kier molecular flexibility index (Phi) is 6.56. The fourth-order valence-corrected chi connectivity index (χ4v) is 2.64. The summed E-state index contributed by atoms with van der Waals surface area (Å²) in [7, 11) is 1.36. The highest BCUT2D eigenvalue weighted by molar-refractivity contribution is 5.89. The number of nitrogens with one attached hydrogen (secondary N) is 1. The smallest absolute Gasteiger partial charge is 0.337 e. The van der Waals surface area contributed by atoms with Gasteiger partial charge in [0.05, 0.1) is 18.8 Å². The number of aromatic hydroxyl groups is 1. The summed E-state index contributed by atoms with van der Waals surface area (Å²) in [6.07, 6.45) is 0.145. The van der Waals surface area contributed by atoms with Crippen molar-refractivity contribution in [3.63, 3.8) is 0 Å². The summed E-state index contributed by atoms with van der Waals surface area (Å²) in [5.41, 5.74) is 3.15. The van der Waals surface area contributed by atoms with Crippen LogP contribution in [0, 0.1) is 6.92 Å². The third kappa shape index (κ3) is 5.31. The Bertz CT molecular complexity index is 712. The number of aliphatic hydroxyl groups is 1. The number of phenols is 1. The SMILES string of the molecule is COC(=O)c1ccc(C[C@H](C)NCC(O)c2ccc(O)c(C)c2)cc1. The Morgan fingerprint density at radius 2 is 1.88 bits per heavy atom.